The minimum atomic E-state index is -2.91. The van der Waals surface area contributed by atoms with Crippen LogP contribution in [0.1, 0.15) is 38.3 Å². The lowest BCUT2D eigenvalue weighted by atomic mass is 10.0. The molecule has 0 aliphatic carbocycles. The van der Waals surface area contributed by atoms with E-state index in [0.29, 0.717) is 6.42 Å². The summed E-state index contributed by atoms with van der Waals surface area (Å²) in [5, 5.41) is 3.31. The van der Waals surface area contributed by atoms with Crippen LogP contribution in [0.15, 0.2) is 24.3 Å². The van der Waals surface area contributed by atoms with Crippen LogP contribution in [-0.2, 0) is 9.84 Å². The van der Waals surface area contributed by atoms with E-state index in [2.05, 4.69) is 5.32 Å². The van der Waals surface area contributed by atoms with Crippen molar-refractivity contribution in [2.45, 2.75) is 32.7 Å². The molecule has 0 aliphatic heterocycles. The van der Waals surface area contributed by atoms with Gasteiger partial charge in [0.15, 0.2) is 0 Å². The molecular formula is C14H22FNO2S. The Kier molecular flexibility index (Phi) is 6.45. The zero-order valence-electron chi connectivity index (χ0n) is 11.5. The van der Waals surface area contributed by atoms with Crippen molar-refractivity contribution < 1.29 is 12.8 Å². The van der Waals surface area contributed by atoms with Gasteiger partial charge in [-0.05, 0) is 37.1 Å². The minimum Gasteiger partial charge on any atom is -0.310 e. The number of sulfone groups is 1. The highest BCUT2D eigenvalue weighted by atomic mass is 32.2. The number of halogens is 1. The fraction of sp³-hybridized carbons (Fsp3) is 0.571. The fourth-order valence-electron chi connectivity index (χ4n) is 1.98. The summed E-state index contributed by atoms with van der Waals surface area (Å²) in [4.78, 5) is 0. The van der Waals surface area contributed by atoms with Crippen molar-refractivity contribution in [2.75, 3.05) is 18.1 Å². The third kappa shape index (κ3) is 5.70. The Labute approximate surface area is 115 Å². The number of rotatable bonds is 8. The first-order valence-corrected chi connectivity index (χ1v) is 8.50. The van der Waals surface area contributed by atoms with Crippen LogP contribution in [0.3, 0.4) is 0 Å². The van der Waals surface area contributed by atoms with Crippen molar-refractivity contribution in [2.24, 2.45) is 0 Å². The first kappa shape index (κ1) is 16.1. The van der Waals surface area contributed by atoms with Gasteiger partial charge in [-0.2, -0.15) is 0 Å². The molecule has 0 heterocycles. The summed E-state index contributed by atoms with van der Waals surface area (Å²) in [6.07, 6.45) is 1.35. The molecule has 1 N–H and O–H groups in total. The Hall–Kier alpha value is -0.940. The summed E-state index contributed by atoms with van der Waals surface area (Å²) >= 11 is 0. The van der Waals surface area contributed by atoms with E-state index in [0.717, 1.165) is 18.5 Å². The minimum absolute atomic E-state index is 0.0812. The van der Waals surface area contributed by atoms with Crippen LogP contribution in [0.5, 0.6) is 0 Å². The Bertz CT molecular complexity index is 471. The van der Waals surface area contributed by atoms with Crippen LogP contribution >= 0.6 is 0 Å². The number of hydrogen-bond donors (Lipinski definition) is 1. The Balaban J connectivity index is 2.61. The van der Waals surface area contributed by atoms with Crippen molar-refractivity contribution in [1.82, 2.24) is 5.32 Å². The Morgan fingerprint density at radius 1 is 1.21 bits per heavy atom. The van der Waals surface area contributed by atoms with Gasteiger partial charge in [-0.15, -0.1) is 0 Å². The summed E-state index contributed by atoms with van der Waals surface area (Å²) in [5.41, 5.74) is 0.997. The summed E-state index contributed by atoms with van der Waals surface area (Å²) in [6, 6.07) is 6.44. The zero-order chi connectivity index (χ0) is 14.3. The smallest absolute Gasteiger partial charge is 0.150 e. The van der Waals surface area contributed by atoms with Crippen LogP contribution in [0.2, 0.25) is 0 Å². The van der Waals surface area contributed by atoms with Crippen molar-refractivity contribution in [3.8, 4) is 0 Å². The van der Waals surface area contributed by atoms with E-state index < -0.39 is 9.84 Å². The summed E-state index contributed by atoms with van der Waals surface area (Å²) in [7, 11) is -2.91. The van der Waals surface area contributed by atoms with E-state index >= 15 is 0 Å². The molecule has 0 aromatic heterocycles. The van der Waals surface area contributed by atoms with Crippen LogP contribution in [0.25, 0.3) is 0 Å². The molecule has 0 saturated carbocycles. The van der Waals surface area contributed by atoms with Gasteiger partial charge in [0.25, 0.3) is 0 Å². The molecule has 5 heteroatoms. The predicted octanol–water partition coefficient (Wildman–Crippen LogP) is 2.69. The molecule has 0 amide bonds. The number of nitrogens with one attached hydrogen (secondary N) is 1. The zero-order valence-corrected chi connectivity index (χ0v) is 12.3. The van der Waals surface area contributed by atoms with Crippen LogP contribution in [-0.4, -0.2) is 26.5 Å². The second-order valence-corrected chi connectivity index (χ2v) is 7.01. The normalized spacial score (nSPS) is 13.4. The molecule has 1 atom stereocenters. The van der Waals surface area contributed by atoms with Gasteiger partial charge < -0.3 is 5.32 Å². The van der Waals surface area contributed by atoms with E-state index in [4.69, 9.17) is 0 Å². The van der Waals surface area contributed by atoms with Gasteiger partial charge in [-0.3, -0.25) is 0 Å². The van der Waals surface area contributed by atoms with Crippen molar-refractivity contribution in [3.05, 3.63) is 35.6 Å². The maximum Gasteiger partial charge on any atom is 0.150 e. The lowest BCUT2D eigenvalue weighted by Gasteiger charge is -2.18. The second kappa shape index (κ2) is 7.60. The maximum absolute atomic E-state index is 12.9. The second-order valence-electron chi connectivity index (χ2n) is 4.54. The molecule has 0 aliphatic rings. The maximum atomic E-state index is 12.9. The fourth-order valence-corrected chi connectivity index (χ4v) is 2.87. The average Bonchev–Trinajstić information content (AvgIpc) is 2.39. The van der Waals surface area contributed by atoms with Gasteiger partial charge in [0.1, 0.15) is 15.7 Å². The monoisotopic (exact) mass is 287 g/mol. The van der Waals surface area contributed by atoms with Crippen LogP contribution in [0.4, 0.5) is 4.39 Å². The first-order chi connectivity index (χ1) is 8.98. The predicted molar refractivity (Wildman–Crippen MR) is 76.4 cm³/mol. The van der Waals surface area contributed by atoms with Crippen molar-refractivity contribution in [1.29, 1.82) is 0 Å². The van der Waals surface area contributed by atoms with E-state index in [9.17, 15) is 12.8 Å². The molecule has 1 unspecified atom stereocenters. The van der Waals surface area contributed by atoms with Crippen molar-refractivity contribution >= 4 is 9.84 Å². The topological polar surface area (TPSA) is 46.2 Å². The molecule has 0 bridgehead atoms. The third-order valence-electron chi connectivity index (χ3n) is 3.11. The summed E-state index contributed by atoms with van der Waals surface area (Å²) in [6.45, 7) is 4.46. The van der Waals surface area contributed by atoms with Gasteiger partial charge >= 0.3 is 0 Å². The van der Waals surface area contributed by atoms with Crippen molar-refractivity contribution in [3.63, 3.8) is 0 Å². The van der Waals surface area contributed by atoms with Gasteiger partial charge in [0, 0.05) is 11.8 Å². The standard InChI is InChI=1S/C14H22FNO2S/c1-3-16-14(6-5-11-19(17,18)4-2)12-7-9-13(15)10-8-12/h7-10,14,16H,3-6,11H2,1-2H3. The molecule has 0 radical (unpaired) electrons. The molecule has 1 aromatic carbocycles. The highest BCUT2D eigenvalue weighted by Gasteiger charge is 2.13. The highest BCUT2D eigenvalue weighted by Crippen LogP contribution is 2.19. The van der Waals surface area contributed by atoms with E-state index in [1.807, 2.05) is 6.92 Å². The molecule has 1 rings (SSSR count). The summed E-state index contributed by atoms with van der Waals surface area (Å²) < 4.78 is 35.8. The van der Waals surface area contributed by atoms with E-state index in [1.165, 1.54) is 12.1 Å². The molecule has 1 aromatic rings. The molecule has 0 spiro atoms. The molecule has 0 fully saturated rings. The van der Waals surface area contributed by atoms with Gasteiger partial charge in [0.05, 0.1) is 5.75 Å². The average molecular weight is 287 g/mol. The number of benzene rings is 1. The molecular weight excluding hydrogens is 265 g/mol. The molecule has 108 valence electrons. The van der Waals surface area contributed by atoms with Gasteiger partial charge in [-0.1, -0.05) is 26.0 Å². The highest BCUT2D eigenvalue weighted by molar-refractivity contribution is 7.91. The van der Waals surface area contributed by atoms with Gasteiger partial charge in [0.2, 0.25) is 0 Å². The Morgan fingerprint density at radius 3 is 2.37 bits per heavy atom. The van der Waals surface area contributed by atoms with Crippen LogP contribution in [0, 0.1) is 5.82 Å². The molecule has 3 nitrogen and oxygen atoms in total. The summed E-state index contributed by atoms with van der Waals surface area (Å²) in [5.74, 6) is 0.148. The molecule has 0 saturated heterocycles. The van der Waals surface area contributed by atoms with Crippen LogP contribution < -0.4 is 5.32 Å². The Morgan fingerprint density at radius 2 is 1.84 bits per heavy atom. The third-order valence-corrected chi connectivity index (χ3v) is 4.90. The SMILES string of the molecule is CCNC(CCCS(=O)(=O)CC)c1ccc(F)cc1. The lowest BCUT2D eigenvalue weighted by molar-refractivity contribution is 0.505. The van der Waals surface area contributed by atoms with E-state index in [1.54, 1.807) is 19.1 Å². The van der Waals surface area contributed by atoms with E-state index in [-0.39, 0.29) is 23.4 Å². The largest absolute Gasteiger partial charge is 0.310 e. The quantitative estimate of drug-likeness (QED) is 0.799. The number of hydrogen-bond acceptors (Lipinski definition) is 3. The van der Waals surface area contributed by atoms with Gasteiger partial charge in [-0.25, -0.2) is 12.8 Å². The molecule has 19 heavy (non-hydrogen) atoms. The first-order valence-electron chi connectivity index (χ1n) is 6.67. The lowest BCUT2D eigenvalue weighted by Crippen LogP contribution is -2.22.